The molecule has 1 aliphatic heterocycles. The van der Waals surface area contributed by atoms with Gasteiger partial charge in [0.25, 0.3) is 0 Å². The molecule has 2 aromatic carbocycles. The number of nitrogens with one attached hydrogen (secondary N) is 1. The highest BCUT2D eigenvalue weighted by atomic mass is 35.5. The Morgan fingerprint density at radius 1 is 1.23 bits per heavy atom. The van der Waals surface area contributed by atoms with Gasteiger partial charge in [-0.15, -0.1) is 13.2 Å². The summed E-state index contributed by atoms with van der Waals surface area (Å²) in [5.41, 5.74) is 4.09. The molecule has 2 aromatic rings. The molecule has 216 valence electrons. The highest BCUT2D eigenvalue weighted by Crippen LogP contribution is 2.43. The van der Waals surface area contributed by atoms with Crippen molar-refractivity contribution in [2.75, 3.05) is 31.1 Å². The first-order valence-electron chi connectivity index (χ1n) is 14.5. The zero-order chi connectivity index (χ0) is 28.6. The third kappa shape index (κ3) is 7.28. The fourth-order valence-corrected chi connectivity index (χ4v) is 6.14. The smallest absolute Gasteiger partial charge is 0.222 e. The van der Waals surface area contributed by atoms with Crippen molar-refractivity contribution in [3.8, 4) is 5.75 Å². The topological polar surface area (TPSA) is 82.0 Å². The normalized spacial score (nSPS) is 21.7. The Morgan fingerprint density at radius 2 is 2.05 bits per heavy atom. The van der Waals surface area contributed by atoms with E-state index < -0.39 is 12.2 Å². The SMILES string of the molecule is C=CCCNC(=O)CC(O)c1ccc2c(c1)N(CC1CCC1C(O)C=C)CC(c1ccc(Cl)cc1CCC)CO2. The van der Waals surface area contributed by atoms with Crippen LogP contribution >= 0.6 is 11.6 Å². The second-order valence-corrected chi connectivity index (χ2v) is 11.5. The van der Waals surface area contributed by atoms with Crippen molar-refractivity contribution in [2.45, 2.75) is 63.6 Å². The average Bonchev–Trinajstić information content (AvgIpc) is 3.10. The van der Waals surface area contributed by atoms with Gasteiger partial charge in [-0.25, -0.2) is 0 Å². The summed E-state index contributed by atoms with van der Waals surface area (Å²) < 4.78 is 6.41. The Kier molecular flexibility index (Phi) is 10.7. The average molecular weight is 567 g/mol. The van der Waals surface area contributed by atoms with Gasteiger partial charge in [-0.2, -0.15) is 0 Å². The van der Waals surface area contributed by atoms with Crippen LogP contribution in [0, 0.1) is 11.8 Å². The number of hydrogen-bond donors (Lipinski definition) is 3. The zero-order valence-corrected chi connectivity index (χ0v) is 24.3. The standard InChI is InChI=1S/C33H43ClN2O4/c1-4-7-15-35-33(39)18-31(38)23-10-14-32-29(17-23)36(19-24-9-12-28(24)30(37)6-3)20-25(21-40-32)27-13-11-26(34)16-22(27)8-5-2/h4,6,10-11,13-14,16-17,24-25,28,30-31,37-38H,1,3,5,7-9,12,15,18-21H2,2H3,(H,35,39). The van der Waals surface area contributed by atoms with Crippen molar-refractivity contribution < 1.29 is 19.7 Å². The number of benzene rings is 2. The van der Waals surface area contributed by atoms with E-state index in [1.54, 1.807) is 12.2 Å². The molecule has 0 radical (unpaired) electrons. The number of rotatable bonds is 13. The monoisotopic (exact) mass is 566 g/mol. The van der Waals surface area contributed by atoms with Crippen molar-refractivity contribution in [1.82, 2.24) is 5.32 Å². The number of carbonyl (C=O) groups excluding carboxylic acids is 1. The lowest BCUT2D eigenvalue weighted by Crippen LogP contribution is -2.43. The van der Waals surface area contributed by atoms with Crippen LogP contribution in [0.4, 0.5) is 5.69 Å². The molecule has 1 heterocycles. The van der Waals surface area contributed by atoms with Crippen molar-refractivity contribution in [2.24, 2.45) is 11.8 Å². The number of carbonyl (C=O) groups is 1. The van der Waals surface area contributed by atoms with E-state index in [0.717, 1.165) is 55.2 Å². The maximum atomic E-state index is 12.4. The summed E-state index contributed by atoms with van der Waals surface area (Å²) in [7, 11) is 0. The predicted octanol–water partition coefficient (Wildman–Crippen LogP) is 5.96. The molecule has 1 amide bonds. The van der Waals surface area contributed by atoms with Gasteiger partial charge in [-0.05, 0) is 78.5 Å². The third-order valence-corrected chi connectivity index (χ3v) is 8.55. The molecule has 2 aliphatic rings. The molecule has 40 heavy (non-hydrogen) atoms. The van der Waals surface area contributed by atoms with E-state index >= 15 is 0 Å². The summed E-state index contributed by atoms with van der Waals surface area (Å²) >= 11 is 6.37. The van der Waals surface area contributed by atoms with E-state index in [2.05, 4.69) is 42.4 Å². The van der Waals surface area contributed by atoms with Crippen molar-refractivity contribution >= 4 is 23.2 Å². The van der Waals surface area contributed by atoms with Gasteiger partial charge in [0, 0.05) is 30.6 Å². The Bertz CT molecular complexity index is 1190. The number of anilines is 1. The Hall–Kier alpha value is -2.80. The molecule has 1 fully saturated rings. The first-order valence-corrected chi connectivity index (χ1v) is 14.9. The molecule has 0 saturated heterocycles. The van der Waals surface area contributed by atoms with Crippen LogP contribution in [0.1, 0.15) is 67.7 Å². The summed E-state index contributed by atoms with van der Waals surface area (Å²) in [5.74, 6) is 1.20. The van der Waals surface area contributed by atoms with E-state index in [0.29, 0.717) is 31.1 Å². The second-order valence-electron chi connectivity index (χ2n) is 11.1. The molecule has 3 N–H and O–H groups in total. The lowest BCUT2D eigenvalue weighted by atomic mass is 9.70. The summed E-state index contributed by atoms with van der Waals surface area (Å²) in [5, 5.41) is 25.0. The zero-order valence-electron chi connectivity index (χ0n) is 23.5. The first-order chi connectivity index (χ1) is 19.3. The van der Waals surface area contributed by atoms with Crippen molar-refractivity contribution in [3.63, 3.8) is 0 Å². The van der Waals surface area contributed by atoms with Crippen LogP contribution in [-0.4, -0.2) is 48.5 Å². The predicted molar refractivity (Wildman–Crippen MR) is 162 cm³/mol. The fourth-order valence-electron chi connectivity index (χ4n) is 5.95. The number of halogens is 1. The molecule has 1 aliphatic carbocycles. The highest BCUT2D eigenvalue weighted by Gasteiger charge is 2.38. The lowest BCUT2D eigenvalue weighted by molar-refractivity contribution is -0.123. The van der Waals surface area contributed by atoms with Gasteiger partial charge in [0.05, 0.1) is 30.9 Å². The minimum absolute atomic E-state index is 0.0131. The number of ether oxygens (including phenoxy) is 1. The Morgan fingerprint density at radius 3 is 2.75 bits per heavy atom. The molecule has 5 unspecified atom stereocenters. The minimum atomic E-state index is -0.929. The molecule has 1 saturated carbocycles. The van der Waals surface area contributed by atoms with Gasteiger partial charge in [-0.1, -0.05) is 49.2 Å². The van der Waals surface area contributed by atoms with Gasteiger partial charge in [0.2, 0.25) is 5.91 Å². The quantitative estimate of drug-likeness (QED) is 0.206. The van der Waals surface area contributed by atoms with Crippen molar-refractivity contribution in [3.05, 3.63) is 83.4 Å². The van der Waals surface area contributed by atoms with E-state index in [1.807, 2.05) is 24.3 Å². The maximum Gasteiger partial charge on any atom is 0.222 e. The largest absolute Gasteiger partial charge is 0.491 e. The van der Waals surface area contributed by atoms with Gasteiger partial charge in [0.1, 0.15) is 5.75 Å². The van der Waals surface area contributed by atoms with Crippen LogP contribution in [0.5, 0.6) is 5.75 Å². The molecular weight excluding hydrogens is 524 g/mol. The van der Waals surface area contributed by atoms with E-state index in [9.17, 15) is 15.0 Å². The van der Waals surface area contributed by atoms with Crippen LogP contribution in [0.2, 0.25) is 5.02 Å². The minimum Gasteiger partial charge on any atom is -0.491 e. The van der Waals surface area contributed by atoms with Gasteiger partial charge < -0.3 is 25.2 Å². The molecule has 7 heteroatoms. The summed E-state index contributed by atoms with van der Waals surface area (Å²) in [6, 6.07) is 11.9. The molecule has 5 atom stereocenters. The van der Waals surface area contributed by atoms with E-state index in [4.69, 9.17) is 16.3 Å². The van der Waals surface area contributed by atoms with Gasteiger partial charge in [-0.3, -0.25) is 4.79 Å². The van der Waals surface area contributed by atoms with Crippen LogP contribution in [0.15, 0.2) is 61.7 Å². The number of hydrogen-bond acceptors (Lipinski definition) is 5. The van der Waals surface area contributed by atoms with E-state index in [1.165, 1.54) is 11.1 Å². The second kappa shape index (κ2) is 14.2. The lowest BCUT2D eigenvalue weighted by Gasteiger charge is -2.42. The number of aryl methyl sites for hydroxylation is 1. The maximum absolute atomic E-state index is 12.4. The van der Waals surface area contributed by atoms with E-state index in [-0.39, 0.29) is 24.2 Å². The van der Waals surface area contributed by atoms with Crippen molar-refractivity contribution in [1.29, 1.82) is 0 Å². The number of amides is 1. The third-order valence-electron chi connectivity index (χ3n) is 8.31. The first kappa shape index (κ1) is 30.2. The molecule has 6 nitrogen and oxygen atoms in total. The van der Waals surface area contributed by atoms with Gasteiger partial charge >= 0.3 is 0 Å². The summed E-state index contributed by atoms with van der Waals surface area (Å²) in [4.78, 5) is 14.7. The fraction of sp³-hybridized carbons (Fsp3) is 0.485. The molecule has 4 rings (SSSR count). The molecule has 0 aromatic heterocycles. The Balaban J connectivity index is 1.62. The molecule has 0 spiro atoms. The number of aliphatic hydroxyl groups excluding tert-OH is 2. The number of fused-ring (bicyclic) bond motifs is 1. The molecular formula is C33H43ClN2O4. The van der Waals surface area contributed by atoms with Crippen LogP contribution in [0.25, 0.3) is 0 Å². The van der Waals surface area contributed by atoms with Crippen LogP contribution < -0.4 is 15.0 Å². The number of aliphatic hydroxyl groups is 2. The Labute approximate surface area is 243 Å². The summed E-state index contributed by atoms with van der Waals surface area (Å²) in [6.07, 6.45) is 6.61. The van der Waals surface area contributed by atoms with Crippen LogP contribution in [0.3, 0.4) is 0 Å². The van der Waals surface area contributed by atoms with Gasteiger partial charge in [0.15, 0.2) is 0 Å². The number of nitrogens with zero attached hydrogens (tertiary/aromatic N) is 1. The summed E-state index contributed by atoms with van der Waals surface area (Å²) in [6.45, 7) is 12.2. The molecule has 0 bridgehead atoms. The highest BCUT2D eigenvalue weighted by molar-refractivity contribution is 6.30. The van der Waals surface area contributed by atoms with Crippen LogP contribution in [-0.2, 0) is 11.2 Å².